The molecule has 1 aromatic carbocycles. The van der Waals surface area contributed by atoms with E-state index in [1.54, 1.807) is 24.9 Å². The van der Waals surface area contributed by atoms with Crippen molar-refractivity contribution in [3.8, 4) is 0 Å². The van der Waals surface area contributed by atoms with Crippen LogP contribution in [0.4, 0.5) is 19.0 Å². The number of nitrogens with one attached hydrogen (secondary N) is 1. The first kappa shape index (κ1) is 23.7. The third kappa shape index (κ3) is 4.49. The summed E-state index contributed by atoms with van der Waals surface area (Å²) < 4.78 is 42.1. The van der Waals surface area contributed by atoms with E-state index in [4.69, 9.17) is 0 Å². The minimum atomic E-state index is -2.91. The number of benzene rings is 1. The number of pyridine rings is 1. The van der Waals surface area contributed by atoms with Gasteiger partial charge in [0.15, 0.2) is 0 Å². The van der Waals surface area contributed by atoms with Crippen LogP contribution in [0.5, 0.6) is 0 Å². The molecule has 0 aliphatic carbocycles. The van der Waals surface area contributed by atoms with Gasteiger partial charge in [0.05, 0.1) is 10.9 Å². The van der Waals surface area contributed by atoms with E-state index in [1.165, 1.54) is 23.6 Å². The van der Waals surface area contributed by atoms with Crippen LogP contribution in [0.25, 0.3) is 11.0 Å². The second kappa shape index (κ2) is 9.44. The lowest BCUT2D eigenvalue weighted by Crippen LogP contribution is -2.38. The Hall–Kier alpha value is -3.43. The molecule has 0 atom stereocenters. The molecule has 10 heteroatoms. The van der Waals surface area contributed by atoms with Crippen molar-refractivity contribution in [3.05, 3.63) is 63.0 Å². The van der Waals surface area contributed by atoms with Crippen molar-refractivity contribution in [1.29, 1.82) is 0 Å². The SMILES string of the molecule is CC(=O)N1CCC(c2cc3c(NCc4cccc(C(F)F)c4F)nc(C)nc3n(C)c2=O)CC1. The van der Waals surface area contributed by atoms with Gasteiger partial charge in [-0.25, -0.2) is 23.1 Å². The first-order valence-electron chi connectivity index (χ1n) is 11.1. The number of likely N-dealkylation sites (tertiary alicyclic amines) is 1. The van der Waals surface area contributed by atoms with E-state index in [0.29, 0.717) is 54.2 Å². The summed E-state index contributed by atoms with van der Waals surface area (Å²) in [5, 5.41) is 3.63. The molecule has 0 bridgehead atoms. The Kier molecular flexibility index (Phi) is 6.58. The van der Waals surface area contributed by atoms with Gasteiger partial charge >= 0.3 is 0 Å². The second-order valence-corrected chi connectivity index (χ2v) is 8.58. The Bertz CT molecular complexity index is 1300. The zero-order valence-electron chi connectivity index (χ0n) is 19.2. The van der Waals surface area contributed by atoms with Crippen LogP contribution >= 0.6 is 0 Å². The highest BCUT2D eigenvalue weighted by molar-refractivity contribution is 5.87. The van der Waals surface area contributed by atoms with E-state index in [-0.39, 0.29) is 29.5 Å². The minimum Gasteiger partial charge on any atom is -0.365 e. The molecular weight excluding hydrogens is 447 g/mol. The molecule has 0 spiro atoms. The standard InChI is InChI=1S/C24H26F3N5O2/c1-13-29-22(28-12-16-5-4-6-17(20(16)25)21(26)27)19-11-18(24(34)31(3)23(19)30-13)15-7-9-32(10-8-15)14(2)33/h4-6,11,15,21H,7-10,12H2,1-3H3,(H,28,29,30). The Morgan fingerprint density at radius 3 is 2.59 bits per heavy atom. The van der Waals surface area contributed by atoms with Crippen molar-refractivity contribution in [2.45, 2.75) is 45.6 Å². The van der Waals surface area contributed by atoms with Crippen molar-refractivity contribution in [2.24, 2.45) is 7.05 Å². The van der Waals surface area contributed by atoms with Gasteiger partial charge in [-0.15, -0.1) is 0 Å². The lowest BCUT2D eigenvalue weighted by Gasteiger charge is -2.31. The molecule has 1 aliphatic rings. The molecule has 1 amide bonds. The summed E-state index contributed by atoms with van der Waals surface area (Å²) >= 11 is 0. The summed E-state index contributed by atoms with van der Waals surface area (Å²) in [6, 6.07) is 5.65. The molecule has 7 nitrogen and oxygen atoms in total. The number of hydrogen-bond acceptors (Lipinski definition) is 5. The number of halogens is 3. The number of amides is 1. The van der Waals surface area contributed by atoms with Crippen LogP contribution in [0.15, 0.2) is 29.1 Å². The monoisotopic (exact) mass is 473 g/mol. The number of rotatable bonds is 5. The molecule has 34 heavy (non-hydrogen) atoms. The summed E-state index contributed by atoms with van der Waals surface area (Å²) in [5.41, 5.74) is 0.313. The maximum Gasteiger partial charge on any atom is 0.266 e. The molecule has 3 heterocycles. The maximum atomic E-state index is 14.5. The molecule has 0 unspecified atom stereocenters. The summed E-state index contributed by atoms with van der Waals surface area (Å²) in [6.45, 7) is 4.31. The molecule has 1 N–H and O–H groups in total. The average molecular weight is 473 g/mol. The largest absolute Gasteiger partial charge is 0.365 e. The zero-order chi connectivity index (χ0) is 24.6. The molecule has 2 aromatic heterocycles. The van der Waals surface area contributed by atoms with E-state index >= 15 is 0 Å². The fraction of sp³-hybridized carbons (Fsp3) is 0.417. The Balaban J connectivity index is 1.70. The normalized spacial score (nSPS) is 14.7. The fourth-order valence-corrected chi connectivity index (χ4v) is 4.48. The number of nitrogens with zero attached hydrogens (tertiary/aromatic N) is 4. The number of aryl methyl sites for hydroxylation is 2. The van der Waals surface area contributed by atoms with Crippen molar-refractivity contribution >= 4 is 22.8 Å². The third-order valence-electron chi connectivity index (χ3n) is 6.38. The number of fused-ring (bicyclic) bond motifs is 1. The van der Waals surface area contributed by atoms with Crippen LogP contribution < -0.4 is 10.9 Å². The predicted octanol–water partition coefficient (Wildman–Crippen LogP) is 4.05. The van der Waals surface area contributed by atoms with Gasteiger partial charge in [-0.3, -0.25) is 14.2 Å². The Labute approximate surface area is 194 Å². The van der Waals surface area contributed by atoms with Gasteiger partial charge in [-0.05, 0) is 31.7 Å². The lowest BCUT2D eigenvalue weighted by molar-refractivity contribution is -0.129. The van der Waals surface area contributed by atoms with Gasteiger partial charge in [0.2, 0.25) is 5.91 Å². The van der Waals surface area contributed by atoms with E-state index in [1.807, 2.05) is 0 Å². The van der Waals surface area contributed by atoms with E-state index in [9.17, 15) is 22.8 Å². The van der Waals surface area contributed by atoms with Crippen molar-refractivity contribution in [2.75, 3.05) is 18.4 Å². The number of aromatic nitrogens is 3. The highest BCUT2D eigenvalue weighted by Gasteiger charge is 2.26. The van der Waals surface area contributed by atoms with Crippen molar-refractivity contribution in [1.82, 2.24) is 19.4 Å². The fourth-order valence-electron chi connectivity index (χ4n) is 4.48. The summed E-state index contributed by atoms with van der Waals surface area (Å²) in [7, 11) is 1.64. The van der Waals surface area contributed by atoms with Gasteiger partial charge in [-0.1, -0.05) is 18.2 Å². The van der Waals surface area contributed by atoms with Crippen LogP contribution in [-0.4, -0.2) is 38.4 Å². The Morgan fingerprint density at radius 2 is 1.94 bits per heavy atom. The first-order chi connectivity index (χ1) is 16.2. The number of alkyl halides is 2. The van der Waals surface area contributed by atoms with E-state index in [2.05, 4.69) is 15.3 Å². The molecule has 1 saturated heterocycles. The number of hydrogen-bond donors (Lipinski definition) is 1. The smallest absolute Gasteiger partial charge is 0.266 e. The van der Waals surface area contributed by atoms with Gasteiger partial charge in [0, 0.05) is 44.7 Å². The summed E-state index contributed by atoms with van der Waals surface area (Å²) in [6.07, 6.45) is -1.57. The van der Waals surface area contributed by atoms with E-state index in [0.717, 1.165) is 6.07 Å². The lowest BCUT2D eigenvalue weighted by atomic mass is 9.89. The minimum absolute atomic E-state index is 0.0170. The zero-order valence-corrected chi connectivity index (χ0v) is 19.2. The van der Waals surface area contributed by atoms with Gasteiger partial charge in [0.1, 0.15) is 23.1 Å². The molecular formula is C24H26F3N5O2. The molecule has 1 aliphatic heterocycles. The molecule has 3 aromatic rings. The summed E-state index contributed by atoms with van der Waals surface area (Å²) in [5.74, 6) is -0.154. The molecule has 0 saturated carbocycles. The summed E-state index contributed by atoms with van der Waals surface area (Å²) in [4.78, 5) is 35.4. The quantitative estimate of drug-likeness (QED) is 0.605. The molecule has 1 fully saturated rings. The molecule has 4 rings (SSSR count). The number of carbonyl (C=O) groups excluding carboxylic acids is 1. The first-order valence-corrected chi connectivity index (χ1v) is 11.1. The topological polar surface area (TPSA) is 80.1 Å². The van der Waals surface area contributed by atoms with Crippen LogP contribution in [0.2, 0.25) is 0 Å². The number of anilines is 1. The average Bonchev–Trinajstić information content (AvgIpc) is 2.80. The molecule has 180 valence electrons. The van der Waals surface area contributed by atoms with Gasteiger partial charge in [-0.2, -0.15) is 0 Å². The second-order valence-electron chi connectivity index (χ2n) is 8.58. The van der Waals surface area contributed by atoms with Crippen molar-refractivity contribution in [3.63, 3.8) is 0 Å². The highest BCUT2D eigenvalue weighted by Crippen LogP contribution is 2.30. The third-order valence-corrected chi connectivity index (χ3v) is 6.38. The maximum absolute atomic E-state index is 14.5. The van der Waals surface area contributed by atoms with Gasteiger partial charge in [0.25, 0.3) is 12.0 Å². The predicted molar refractivity (Wildman–Crippen MR) is 122 cm³/mol. The van der Waals surface area contributed by atoms with Gasteiger partial charge < -0.3 is 10.2 Å². The Morgan fingerprint density at radius 1 is 1.24 bits per heavy atom. The van der Waals surface area contributed by atoms with Crippen LogP contribution in [0.1, 0.15) is 54.6 Å². The van der Waals surface area contributed by atoms with E-state index < -0.39 is 17.8 Å². The number of carbonyl (C=O) groups is 1. The van der Waals surface area contributed by atoms with Crippen LogP contribution in [0.3, 0.4) is 0 Å². The van der Waals surface area contributed by atoms with Crippen molar-refractivity contribution < 1.29 is 18.0 Å². The molecule has 0 radical (unpaired) electrons. The van der Waals surface area contributed by atoms with Crippen LogP contribution in [0, 0.1) is 12.7 Å². The number of piperidine rings is 1. The highest BCUT2D eigenvalue weighted by atomic mass is 19.3. The van der Waals surface area contributed by atoms with Crippen LogP contribution in [-0.2, 0) is 18.4 Å².